The van der Waals surface area contributed by atoms with Crippen LogP contribution in [0.4, 0.5) is 11.4 Å². The smallest absolute Gasteiger partial charge is 0.268 e. The maximum Gasteiger partial charge on any atom is 0.268 e. The number of aromatic nitrogens is 2. The Hall–Kier alpha value is -2.35. The zero-order valence-corrected chi connectivity index (χ0v) is 12.8. The van der Waals surface area contributed by atoms with Crippen LogP contribution in [0.25, 0.3) is 0 Å². The lowest BCUT2D eigenvalue weighted by Gasteiger charge is -2.11. The predicted octanol–water partition coefficient (Wildman–Crippen LogP) is 1.24. The number of halogens is 1. The summed E-state index contributed by atoms with van der Waals surface area (Å²) >= 11 is 3.07. The summed E-state index contributed by atoms with van der Waals surface area (Å²) in [5.41, 5.74) is 6.32. The normalized spacial score (nSPS) is 10.2. The minimum absolute atomic E-state index is 0.154. The first kappa shape index (κ1) is 15.0. The maximum absolute atomic E-state index is 12.0. The fourth-order valence-corrected chi connectivity index (χ4v) is 2.04. The number of nitrogens with two attached hydrogens (primary N) is 1. The average molecular weight is 353 g/mol. The molecule has 0 unspecified atom stereocenters. The Balaban J connectivity index is 2.16. The zero-order chi connectivity index (χ0) is 15.4. The van der Waals surface area contributed by atoms with E-state index in [9.17, 15) is 9.59 Å². The summed E-state index contributed by atoms with van der Waals surface area (Å²) in [6.07, 6.45) is 2.67. The molecule has 1 aromatic carbocycles. The number of carbonyl (C=O) groups excluding carboxylic acids is 1. The molecule has 0 radical (unpaired) electrons. The van der Waals surface area contributed by atoms with E-state index in [1.54, 1.807) is 18.2 Å². The summed E-state index contributed by atoms with van der Waals surface area (Å²) in [7, 11) is 1.48. The minimum atomic E-state index is -0.375. The van der Waals surface area contributed by atoms with Crippen LogP contribution in [0.5, 0.6) is 5.75 Å². The molecule has 0 aliphatic carbocycles. The van der Waals surface area contributed by atoms with Crippen molar-refractivity contribution in [1.29, 1.82) is 0 Å². The van der Waals surface area contributed by atoms with Crippen LogP contribution in [0.15, 0.2) is 40.0 Å². The lowest BCUT2D eigenvalue weighted by Crippen LogP contribution is -2.28. The molecule has 0 saturated heterocycles. The van der Waals surface area contributed by atoms with Crippen molar-refractivity contribution in [3.63, 3.8) is 0 Å². The van der Waals surface area contributed by atoms with Gasteiger partial charge in [0.25, 0.3) is 5.56 Å². The molecule has 110 valence electrons. The van der Waals surface area contributed by atoms with E-state index < -0.39 is 0 Å². The number of ether oxygens (including phenoxy) is 1. The second-order valence-electron chi connectivity index (χ2n) is 4.18. The van der Waals surface area contributed by atoms with E-state index in [-0.39, 0.29) is 18.0 Å². The molecule has 21 heavy (non-hydrogen) atoms. The van der Waals surface area contributed by atoms with Crippen molar-refractivity contribution in [2.75, 3.05) is 18.2 Å². The van der Waals surface area contributed by atoms with Crippen molar-refractivity contribution in [3.05, 3.63) is 45.5 Å². The van der Waals surface area contributed by atoms with Gasteiger partial charge in [0.05, 0.1) is 19.1 Å². The summed E-state index contributed by atoms with van der Waals surface area (Å²) in [5.74, 6) is 0.0723. The predicted molar refractivity (Wildman–Crippen MR) is 82.2 cm³/mol. The van der Waals surface area contributed by atoms with Gasteiger partial charge in [-0.1, -0.05) is 0 Å². The van der Waals surface area contributed by atoms with Crippen molar-refractivity contribution >= 4 is 33.2 Å². The maximum atomic E-state index is 12.0. The van der Waals surface area contributed by atoms with Gasteiger partial charge in [-0.3, -0.25) is 14.2 Å². The van der Waals surface area contributed by atoms with Crippen LogP contribution >= 0.6 is 15.9 Å². The van der Waals surface area contributed by atoms with E-state index in [2.05, 4.69) is 26.2 Å². The number of hydrogen-bond acceptors (Lipinski definition) is 5. The van der Waals surface area contributed by atoms with Gasteiger partial charge >= 0.3 is 0 Å². The number of nitrogen functional groups attached to an aromatic ring is 1. The van der Waals surface area contributed by atoms with Crippen molar-refractivity contribution in [1.82, 2.24) is 9.55 Å². The third kappa shape index (κ3) is 3.60. The number of nitrogens with zero attached hydrogens (tertiary/aromatic N) is 2. The van der Waals surface area contributed by atoms with E-state index in [0.29, 0.717) is 21.6 Å². The summed E-state index contributed by atoms with van der Waals surface area (Å²) < 4.78 is 6.63. The Morgan fingerprint density at radius 1 is 1.52 bits per heavy atom. The highest BCUT2D eigenvalue weighted by Crippen LogP contribution is 2.26. The molecule has 8 heteroatoms. The van der Waals surface area contributed by atoms with Gasteiger partial charge in [0.1, 0.15) is 16.8 Å². The Morgan fingerprint density at radius 2 is 2.29 bits per heavy atom. The highest BCUT2D eigenvalue weighted by Gasteiger charge is 2.10. The van der Waals surface area contributed by atoms with Gasteiger partial charge in [-0.05, 0) is 28.1 Å². The van der Waals surface area contributed by atoms with Crippen LogP contribution in [0.3, 0.4) is 0 Å². The van der Waals surface area contributed by atoms with Crippen LogP contribution in [-0.4, -0.2) is 22.6 Å². The largest absolute Gasteiger partial charge is 0.494 e. The molecular formula is C13H13BrN4O3. The Morgan fingerprint density at radius 3 is 3.00 bits per heavy atom. The summed E-state index contributed by atoms with van der Waals surface area (Å²) in [5, 5.41) is 2.66. The van der Waals surface area contributed by atoms with Gasteiger partial charge in [-0.15, -0.1) is 0 Å². The third-order valence-electron chi connectivity index (χ3n) is 2.67. The van der Waals surface area contributed by atoms with Crippen LogP contribution in [-0.2, 0) is 11.3 Å². The summed E-state index contributed by atoms with van der Waals surface area (Å²) in [6, 6.07) is 4.88. The molecule has 1 amide bonds. The van der Waals surface area contributed by atoms with Gasteiger partial charge in [0, 0.05) is 18.0 Å². The topological polar surface area (TPSA) is 99.2 Å². The quantitative estimate of drug-likeness (QED) is 0.806. The molecular weight excluding hydrogens is 340 g/mol. The first-order valence-electron chi connectivity index (χ1n) is 5.94. The Kier molecular flexibility index (Phi) is 4.59. The number of methoxy groups -OCH3 is 1. The lowest BCUT2D eigenvalue weighted by molar-refractivity contribution is -0.116. The molecule has 2 rings (SSSR count). The third-order valence-corrected chi connectivity index (χ3v) is 3.22. The Bertz CT molecular complexity index is 730. The molecule has 3 N–H and O–H groups in total. The monoisotopic (exact) mass is 352 g/mol. The number of carbonyl (C=O) groups is 1. The van der Waals surface area contributed by atoms with E-state index in [4.69, 9.17) is 10.5 Å². The van der Waals surface area contributed by atoms with E-state index >= 15 is 0 Å². The van der Waals surface area contributed by atoms with Crippen molar-refractivity contribution in [2.45, 2.75) is 6.54 Å². The minimum Gasteiger partial charge on any atom is -0.494 e. The number of benzene rings is 1. The van der Waals surface area contributed by atoms with Crippen LogP contribution in [0, 0.1) is 0 Å². The highest BCUT2D eigenvalue weighted by atomic mass is 79.9. The lowest BCUT2D eigenvalue weighted by atomic mass is 10.2. The van der Waals surface area contributed by atoms with Crippen molar-refractivity contribution in [3.8, 4) is 5.75 Å². The van der Waals surface area contributed by atoms with Crippen LogP contribution in [0.2, 0.25) is 0 Å². The number of hydrogen-bond donors (Lipinski definition) is 2. The molecule has 1 heterocycles. The molecule has 0 spiro atoms. The molecule has 0 fully saturated rings. The zero-order valence-electron chi connectivity index (χ0n) is 11.2. The molecule has 2 aromatic rings. The average Bonchev–Trinajstić information content (AvgIpc) is 2.45. The SMILES string of the molecule is COc1cc(N)ccc1NC(=O)Cn1cncc(Br)c1=O. The second kappa shape index (κ2) is 6.40. The van der Waals surface area contributed by atoms with E-state index in [0.717, 1.165) is 0 Å². The summed E-state index contributed by atoms with van der Waals surface area (Å²) in [6.45, 7) is -0.154. The fourth-order valence-electron chi connectivity index (χ4n) is 1.69. The van der Waals surface area contributed by atoms with Gasteiger partial charge in [0.15, 0.2) is 0 Å². The highest BCUT2D eigenvalue weighted by molar-refractivity contribution is 9.10. The fraction of sp³-hybridized carbons (Fsp3) is 0.154. The molecule has 0 atom stereocenters. The van der Waals surface area contributed by atoms with E-state index in [1.165, 1.54) is 24.2 Å². The number of amides is 1. The first-order valence-corrected chi connectivity index (χ1v) is 6.74. The molecule has 0 saturated carbocycles. The standard InChI is InChI=1S/C13H13BrN4O3/c1-21-11-4-8(15)2-3-10(11)17-12(19)6-18-7-16-5-9(14)13(18)20/h2-5,7H,6,15H2,1H3,(H,17,19). The summed E-state index contributed by atoms with van der Waals surface area (Å²) in [4.78, 5) is 27.6. The molecule has 0 aliphatic rings. The van der Waals surface area contributed by atoms with Crippen LogP contribution in [0.1, 0.15) is 0 Å². The molecule has 7 nitrogen and oxygen atoms in total. The molecule has 0 aliphatic heterocycles. The Labute approximate surface area is 128 Å². The molecule has 1 aromatic heterocycles. The first-order chi connectivity index (χ1) is 10.0. The van der Waals surface area contributed by atoms with Crippen LogP contribution < -0.4 is 21.3 Å². The van der Waals surface area contributed by atoms with Crippen molar-refractivity contribution in [2.24, 2.45) is 0 Å². The molecule has 0 bridgehead atoms. The number of anilines is 2. The number of nitrogens with one attached hydrogen (secondary N) is 1. The number of rotatable bonds is 4. The van der Waals surface area contributed by atoms with Gasteiger partial charge in [-0.25, -0.2) is 4.98 Å². The van der Waals surface area contributed by atoms with E-state index in [1.807, 2.05) is 0 Å². The van der Waals surface area contributed by atoms with Gasteiger partial charge in [-0.2, -0.15) is 0 Å². The second-order valence-corrected chi connectivity index (χ2v) is 5.04. The van der Waals surface area contributed by atoms with Gasteiger partial charge < -0.3 is 15.8 Å². The van der Waals surface area contributed by atoms with Crippen molar-refractivity contribution < 1.29 is 9.53 Å². The van der Waals surface area contributed by atoms with Gasteiger partial charge in [0.2, 0.25) is 5.91 Å².